The second-order valence-corrected chi connectivity index (χ2v) is 6.41. The smallest absolute Gasteiger partial charge is 0.229 e. The number of amides is 2. The normalized spacial score (nSPS) is 17.2. The average Bonchev–Trinajstić information content (AvgIpc) is 2.94. The first-order chi connectivity index (χ1) is 11.5. The molecule has 1 fully saturated rings. The second-order valence-electron chi connectivity index (χ2n) is 5.63. The van der Waals surface area contributed by atoms with Crippen molar-refractivity contribution in [2.24, 2.45) is 5.92 Å². The van der Waals surface area contributed by atoms with Crippen LogP contribution in [0.25, 0.3) is 0 Å². The van der Waals surface area contributed by atoms with Crippen LogP contribution in [-0.2, 0) is 16.1 Å². The Kier molecular flexibility index (Phi) is 5.02. The van der Waals surface area contributed by atoms with E-state index in [0.717, 1.165) is 5.56 Å². The number of anilines is 1. The summed E-state index contributed by atoms with van der Waals surface area (Å²) in [5.41, 5.74) is 1.39. The third kappa shape index (κ3) is 3.68. The third-order valence-electron chi connectivity index (χ3n) is 3.89. The standard InChI is InChI=1S/C17H15Cl2N3O2/c18-13-4-1-5-14(16(13)19)21-17(24)12-7-15(23)22(10-12)9-11-3-2-6-20-8-11/h1-6,8,12H,7,9-10H2,(H,21,24). The summed E-state index contributed by atoms with van der Waals surface area (Å²) in [6.07, 6.45) is 3.58. The topological polar surface area (TPSA) is 62.3 Å². The van der Waals surface area contributed by atoms with Gasteiger partial charge in [-0.3, -0.25) is 14.6 Å². The lowest BCUT2D eigenvalue weighted by atomic mass is 10.1. The molecule has 1 saturated heterocycles. The molecule has 1 N–H and O–H groups in total. The van der Waals surface area contributed by atoms with E-state index in [1.165, 1.54) is 0 Å². The molecule has 0 aliphatic carbocycles. The molecular formula is C17H15Cl2N3O2. The number of carbonyl (C=O) groups excluding carboxylic acids is 2. The highest BCUT2D eigenvalue weighted by molar-refractivity contribution is 6.44. The van der Waals surface area contributed by atoms with Crippen LogP contribution in [0.5, 0.6) is 0 Å². The van der Waals surface area contributed by atoms with E-state index in [1.54, 1.807) is 35.5 Å². The molecule has 124 valence electrons. The summed E-state index contributed by atoms with van der Waals surface area (Å²) in [6.45, 7) is 0.826. The van der Waals surface area contributed by atoms with Crippen molar-refractivity contribution in [3.8, 4) is 0 Å². The van der Waals surface area contributed by atoms with Gasteiger partial charge in [-0.25, -0.2) is 0 Å². The Labute approximate surface area is 149 Å². The van der Waals surface area contributed by atoms with E-state index in [9.17, 15) is 9.59 Å². The molecule has 2 heterocycles. The minimum atomic E-state index is -0.413. The van der Waals surface area contributed by atoms with E-state index in [2.05, 4.69) is 10.3 Å². The van der Waals surface area contributed by atoms with Gasteiger partial charge in [-0.15, -0.1) is 0 Å². The van der Waals surface area contributed by atoms with Gasteiger partial charge in [-0.2, -0.15) is 0 Å². The number of likely N-dealkylation sites (tertiary alicyclic amines) is 1. The van der Waals surface area contributed by atoms with Gasteiger partial charge in [0.15, 0.2) is 0 Å². The van der Waals surface area contributed by atoms with Crippen molar-refractivity contribution >= 4 is 40.7 Å². The summed E-state index contributed by atoms with van der Waals surface area (Å²) in [7, 11) is 0. The highest BCUT2D eigenvalue weighted by Gasteiger charge is 2.34. The lowest BCUT2D eigenvalue weighted by molar-refractivity contribution is -0.128. The van der Waals surface area contributed by atoms with Crippen LogP contribution in [-0.4, -0.2) is 28.2 Å². The molecule has 1 aromatic heterocycles. The van der Waals surface area contributed by atoms with Crippen LogP contribution in [0.2, 0.25) is 10.0 Å². The summed E-state index contributed by atoms with van der Waals surface area (Å²) in [4.78, 5) is 30.3. The predicted octanol–water partition coefficient (Wildman–Crippen LogP) is 3.38. The maximum Gasteiger partial charge on any atom is 0.229 e. The number of benzene rings is 1. The molecule has 3 rings (SSSR count). The molecule has 7 heteroatoms. The highest BCUT2D eigenvalue weighted by atomic mass is 35.5. The van der Waals surface area contributed by atoms with Crippen LogP contribution < -0.4 is 5.32 Å². The number of hydrogen-bond donors (Lipinski definition) is 1. The Morgan fingerprint density at radius 1 is 1.29 bits per heavy atom. The summed E-state index contributed by atoms with van der Waals surface area (Å²) < 4.78 is 0. The molecule has 0 bridgehead atoms. The van der Waals surface area contributed by atoms with Gasteiger partial charge in [0.25, 0.3) is 0 Å². The minimum Gasteiger partial charge on any atom is -0.337 e. The van der Waals surface area contributed by atoms with E-state index < -0.39 is 5.92 Å². The Bertz CT molecular complexity index is 768. The highest BCUT2D eigenvalue weighted by Crippen LogP contribution is 2.30. The van der Waals surface area contributed by atoms with Crippen LogP contribution in [0.15, 0.2) is 42.7 Å². The number of halogens is 2. The zero-order valence-corrected chi connectivity index (χ0v) is 14.2. The molecule has 1 atom stereocenters. The quantitative estimate of drug-likeness (QED) is 0.905. The molecule has 0 radical (unpaired) electrons. The monoisotopic (exact) mass is 363 g/mol. The molecule has 1 aliphatic heterocycles. The molecule has 1 unspecified atom stereocenters. The van der Waals surface area contributed by atoms with Crippen LogP contribution in [0.1, 0.15) is 12.0 Å². The number of nitrogens with one attached hydrogen (secondary N) is 1. The van der Waals surface area contributed by atoms with Gasteiger partial charge in [-0.05, 0) is 23.8 Å². The number of carbonyl (C=O) groups is 2. The molecule has 2 amide bonds. The molecule has 1 aromatic carbocycles. The van der Waals surface area contributed by atoms with Gasteiger partial charge in [0, 0.05) is 31.9 Å². The average molecular weight is 364 g/mol. The Hall–Kier alpha value is -2.11. The summed E-state index contributed by atoms with van der Waals surface area (Å²) >= 11 is 12.0. The van der Waals surface area contributed by atoms with Gasteiger partial charge < -0.3 is 10.2 Å². The number of nitrogens with zero attached hydrogens (tertiary/aromatic N) is 2. The maximum atomic E-state index is 12.4. The molecule has 5 nitrogen and oxygen atoms in total. The number of pyridine rings is 1. The van der Waals surface area contributed by atoms with Crippen molar-refractivity contribution in [1.82, 2.24) is 9.88 Å². The number of rotatable bonds is 4. The third-order valence-corrected chi connectivity index (χ3v) is 4.71. The van der Waals surface area contributed by atoms with Gasteiger partial charge in [-0.1, -0.05) is 35.3 Å². The first-order valence-corrected chi connectivity index (χ1v) is 8.21. The maximum absolute atomic E-state index is 12.4. The van der Waals surface area contributed by atoms with Crippen molar-refractivity contribution in [2.75, 3.05) is 11.9 Å². The predicted molar refractivity (Wildman–Crippen MR) is 92.9 cm³/mol. The van der Waals surface area contributed by atoms with Crippen molar-refractivity contribution in [3.05, 3.63) is 58.3 Å². The first kappa shape index (κ1) is 16.7. The summed E-state index contributed by atoms with van der Waals surface area (Å²) in [6, 6.07) is 8.75. The van der Waals surface area contributed by atoms with Gasteiger partial charge in [0.1, 0.15) is 0 Å². The summed E-state index contributed by atoms with van der Waals surface area (Å²) in [5.74, 6) is -0.693. The zero-order valence-electron chi connectivity index (χ0n) is 12.7. The van der Waals surface area contributed by atoms with Crippen molar-refractivity contribution in [1.29, 1.82) is 0 Å². The fraction of sp³-hybridized carbons (Fsp3) is 0.235. The van der Waals surface area contributed by atoms with Gasteiger partial charge >= 0.3 is 0 Å². The van der Waals surface area contributed by atoms with Crippen molar-refractivity contribution < 1.29 is 9.59 Å². The van der Waals surface area contributed by atoms with Crippen molar-refractivity contribution in [3.63, 3.8) is 0 Å². The number of aromatic nitrogens is 1. The first-order valence-electron chi connectivity index (χ1n) is 7.46. The van der Waals surface area contributed by atoms with Gasteiger partial charge in [0.2, 0.25) is 11.8 Å². The van der Waals surface area contributed by atoms with E-state index in [0.29, 0.717) is 28.8 Å². The van der Waals surface area contributed by atoms with Crippen LogP contribution in [0.3, 0.4) is 0 Å². The molecule has 24 heavy (non-hydrogen) atoms. The van der Waals surface area contributed by atoms with E-state index in [4.69, 9.17) is 23.2 Å². The SMILES string of the molecule is O=C(Nc1cccc(Cl)c1Cl)C1CC(=O)N(Cc2cccnc2)C1. The van der Waals surface area contributed by atoms with Crippen LogP contribution in [0, 0.1) is 5.92 Å². The second kappa shape index (κ2) is 7.20. The molecule has 2 aromatic rings. The molecule has 0 saturated carbocycles. The fourth-order valence-corrected chi connectivity index (χ4v) is 3.00. The Morgan fingerprint density at radius 2 is 2.12 bits per heavy atom. The lowest BCUT2D eigenvalue weighted by Crippen LogP contribution is -2.28. The minimum absolute atomic E-state index is 0.0452. The fourth-order valence-electron chi connectivity index (χ4n) is 2.65. The van der Waals surface area contributed by atoms with Crippen LogP contribution in [0.4, 0.5) is 5.69 Å². The van der Waals surface area contributed by atoms with E-state index >= 15 is 0 Å². The Morgan fingerprint density at radius 3 is 2.88 bits per heavy atom. The van der Waals surface area contributed by atoms with E-state index in [-0.39, 0.29) is 18.2 Å². The Balaban J connectivity index is 1.64. The largest absolute Gasteiger partial charge is 0.337 e. The molecular weight excluding hydrogens is 349 g/mol. The molecule has 1 aliphatic rings. The summed E-state index contributed by atoms with van der Waals surface area (Å²) in [5, 5.41) is 3.42. The molecule has 0 spiro atoms. The number of hydrogen-bond acceptors (Lipinski definition) is 3. The van der Waals surface area contributed by atoms with Crippen molar-refractivity contribution in [2.45, 2.75) is 13.0 Å². The van der Waals surface area contributed by atoms with Crippen LogP contribution >= 0.6 is 23.2 Å². The van der Waals surface area contributed by atoms with Gasteiger partial charge in [0.05, 0.1) is 21.7 Å². The lowest BCUT2D eigenvalue weighted by Gasteiger charge is -2.16. The van der Waals surface area contributed by atoms with E-state index in [1.807, 2.05) is 12.1 Å². The zero-order chi connectivity index (χ0) is 17.1.